The Morgan fingerprint density at radius 2 is 1.72 bits per heavy atom. The summed E-state index contributed by atoms with van der Waals surface area (Å²) in [7, 11) is 0. The highest BCUT2D eigenvalue weighted by Crippen LogP contribution is 2.29. The van der Waals surface area contributed by atoms with Crippen LogP contribution in [0.15, 0.2) is 12.2 Å². The molecule has 2 fully saturated rings. The first kappa shape index (κ1) is 13.4. The van der Waals surface area contributed by atoms with Crippen LogP contribution in [0, 0.1) is 0 Å². The van der Waals surface area contributed by atoms with Crippen LogP contribution < -0.4 is 5.32 Å². The Balaban J connectivity index is 2.14. The molecule has 7 heteroatoms. The molecule has 7 nitrogen and oxygen atoms in total. The first-order valence-electron chi connectivity index (χ1n) is 5.67. The van der Waals surface area contributed by atoms with Crippen LogP contribution in [0.25, 0.3) is 0 Å². The zero-order valence-corrected chi connectivity index (χ0v) is 9.94. The Kier molecular flexibility index (Phi) is 3.69. The number of fused-ring (bicyclic) bond motifs is 1. The molecule has 18 heavy (non-hydrogen) atoms. The number of carbonyl (C=O) groups excluding carboxylic acids is 1. The van der Waals surface area contributed by atoms with Gasteiger partial charge < -0.3 is 30.1 Å². The van der Waals surface area contributed by atoms with E-state index in [9.17, 15) is 20.1 Å². The van der Waals surface area contributed by atoms with Gasteiger partial charge >= 0.3 is 0 Å². The van der Waals surface area contributed by atoms with Crippen LogP contribution in [0.3, 0.4) is 0 Å². The molecule has 1 saturated heterocycles. The van der Waals surface area contributed by atoms with Crippen LogP contribution in [0.5, 0.6) is 0 Å². The van der Waals surface area contributed by atoms with Crippen LogP contribution in [-0.2, 0) is 14.3 Å². The number of hydrogen-bond donors (Lipinski definition) is 4. The molecule has 2 aliphatic rings. The maximum Gasteiger partial charge on any atom is 0.246 e. The number of carbonyl (C=O) groups is 1. The lowest BCUT2D eigenvalue weighted by Gasteiger charge is -2.41. The molecule has 0 radical (unpaired) electrons. The van der Waals surface area contributed by atoms with E-state index in [0.29, 0.717) is 0 Å². The van der Waals surface area contributed by atoms with Crippen molar-refractivity contribution in [2.75, 3.05) is 6.79 Å². The summed E-state index contributed by atoms with van der Waals surface area (Å²) in [5.41, 5.74) is 0.245. The predicted molar refractivity (Wildman–Crippen MR) is 59.4 cm³/mol. The Morgan fingerprint density at radius 1 is 1.17 bits per heavy atom. The van der Waals surface area contributed by atoms with Gasteiger partial charge in [-0.1, -0.05) is 6.58 Å². The van der Waals surface area contributed by atoms with Gasteiger partial charge in [-0.25, -0.2) is 0 Å². The van der Waals surface area contributed by atoms with Crippen LogP contribution in [-0.4, -0.2) is 64.6 Å². The molecule has 0 aromatic rings. The monoisotopic (exact) mass is 259 g/mol. The van der Waals surface area contributed by atoms with E-state index >= 15 is 0 Å². The zero-order chi connectivity index (χ0) is 13.4. The van der Waals surface area contributed by atoms with Crippen molar-refractivity contribution in [3.8, 4) is 0 Å². The second kappa shape index (κ2) is 4.94. The van der Waals surface area contributed by atoms with E-state index in [0.717, 1.165) is 0 Å². The van der Waals surface area contributed by atoms with Crippen molar-refractivity contribution >= 4 is 5.91 Å². The number of aliphatic hydroxyl groups is 3. The first-order valence-corrected chi connectivity index (χ1v) is 5.67. The lowest BCUT2D eigenvalue weighted by molar-refractivity contribution is -0.155. The second-order valence-electron chi connectivity index (χ2n) is 4.63. The van der Waals surface area contributed by atoms with Gasteiger partial charge in [0.1, 0.15) is 37.3 Å². The van der Waals surface area contributed by atoms with E-state index < -0.39 is 42.5 Å². The Bertz CT molecular complexity index is 359. The minimum Gasteiger partial charge on any atom is -0.388 e. The van der Waals surface area contributed by atoms with Crippen molar-refractivity contribution in [2.45, 2.75) is 43.5 Å². The lowest BCUT2D eigenvalue weighted by Crippen LogP contribution is -2.67. The van der Waals surface area contributed by atoms with E-state index in [1.54, 1.807) is 0 Å². The highest BCUT2D eigenvalue weighted by atomic mass is 16.7. The summed E-state index contributed by atoms with van der Waals surface area (Å²) in [6.45, 7) is 4.91. The van der Waals surface area contributed by atoms with Crippen LogP contribution >= 0.6 is 0 Å². The fourth-order valence-corrected chi connectivity index (χ4v) is 2.23. The van der Waals surface area contributed by atoms with E-state index in [4.69, 9.17) is 9.47 Å². The minimum atomic E-state index is -1.33. The molecule has 1 aliphatic carbocycles. The van der Waals surface area contributed by atoms with Crippen LogP contribution in [0.4, 0.5) is 0 Å². The molecule has 1 amide bonds. The minimum absolute atomic E-state index is 0.0582. The van der Waals surface area contributed by atoms with Crippen molar-refractivity contribution < 1.29 is 29.6 Å². The molecule has 4 N–H and O–H groups in total. The molecule has 1 aliphatic heterocycles. The molecule has 2 rings (SSSR count). The standard InChI is InChI=1S/C11H17NO6/c1-4(2)11(16)12-5-6(13)8(15)10-9(7(5)14)17-3-18-10/h5-10,13-15H,1,3H2,2H3,(H,12,16)/t5-,6+,7-,8-,9+,10-/m1/s1. The van der Waals surface area contributed by atoms with Gasteiger partial charge in [0.05, 0.1) is 6.04 Å². The third-order valence-electron chi connectivity index (χ3n) is 3.29. The summed E-state index contributed by atoms with van der Waals surface area (Å²) in [4.78, 5) is 11.5. The molecule has 1 saturated carbocycles. The van der Waals surface area contributed by atoms with Gasteiger partial charge in [-0.05, 0) is 6.92 Å². The van der Waals surface area contributed by atoms with Crippen LogP contribution in [0.1, 0.15) is 6.92 Å². The molecule has 0 aromatic heterocycles. The Morgan fingerprint density at radius 3 is 2.28 bits per heavy atom. The summed E-state index contributed by atoms with van der Waals surface area (Å²) < 4.78 is 10.2. The molecule has 0 spiro atoms. The van der Waals surface area contributed by atoms with Crippen LogP contribution in [0.2, 0.25) is 0 Å². The normalized spacial score (nSPS) is 43.3. The molecule has 0 bridgehead atoms. The fraction of sp³-hybridized carbons (Fsp3) is 0.727. The van der Waals surface area contributed by atoms with Crippen molar-refractivity contribution in [3.05, 3.63) is 12.2 Å². The van der Waals surface area contributed by atoms with Gasteiger partial charge in [0.2, 0.25) is 5.91 Å². The highest BCUT2D eigenvalue weighted by molar-refractivity contribution is 5.92. The second-order valence-corrected chi connectivity index (χ2v) is 4.63. The highest BCUT2D eigenvalue weighted by Gasteiger charge is 2.53. The maximum atomic E-state index is 11.5. The predicted octanol–water partition coefficient (Wildman–Crippen LogP) is -2.11. The van der Waals surface area contributed by atoms with Crippen molar-refractivity contribution in [1.82, 2.24) is 5.32 Å². The average Bonchev–Trinajstić information content (AvgIpc) is 2.80. The molecule has 0 unspecified atom stereocenters. The van der Waals surface area contributed by atoms with Crippen molar-refractivity contribution in [1.29, 1.82) is 0 Å². The van der Waals surface area contributed by atoms with Gasteiger partial charge in [-0.15, -0.1) is 0 Å². The summed E-state index contributed by atoms with van der Waals surface area (Å²) in [6.07, 6.45) is -5.26. The molecule has 1 heterocycles. The SMILES string of the molecule is C=C(C)C(=O)N[C@@H]1[C@H](O)[C@@H](O)[C@H]2OCO[C@H]2[C@@H]1O. The third-order valence-corrected chi connectivity index (χ3v) is 3.29. The van der Waals surface area contributed by atoms with Gasteiger partial charge in [0.25, 0.3) is 0 Å². The number of ether oxygens (including phenoxy) is 2. The molecule has 102 valence electrons. The molecule has 6 atom stereocenters. The Hall–Kier alpha value is -0.990. The fourth-order valence-electron chi connectivity index (χ4n) is 2.23. The zero-order valence-electron chi connectivity index (χ0n) is 9.94. The molecular weight excluding hydrogens is 242 g/mol. The van der Waals surface area contributed by atoms with E-state index in [1.165, 1.54) is 6.92 Å². The third kappa shape index (κ3) is 2.15. The number of rotatable bonds is 2. The smallest absolute Gasteiger partial charge is 0.246 e. The van der Waals surface area contributed by atoms with E-state index in [1.807, 2.05) is 0 Å². The van der Waals surface area contributed by atoms with Gasteiger partial charge in [0, 0.05) is 5.57 Å². The quantitative estimate of drug-likeness (QED) is 0.422. The van der Waals surface area contributed by atoms with Gasteiger partial charge in [-0.3, -0.25) is 4.79 Å². The number of nitrogens with one attached hydrogen (secondary N) is 1. The summed E-state index contributed by atoms with van der Waals surface area (Å²) >= 11 is 0. The number of aliphatic hydroxyl groups excluding tert-OH is 3. The largest absolute Gasteiger partial charge is 0.388 e. The van der Waals surface area contributed by atoms with E-state index in [-0.39, 0.29) is 12.4 Å². The number of amides is 1. The topological polar surface area (TPSA) is 108 Å². The van der Waals surface area contributed by atoms with Crippen molar-refractivity contribution in [3.63, 3.8) is 0 Å². The van der Waals surface area contributed by atoms with Gasteiger partial charge in [0.15, 0.2) is 0 Å². The summed E-state index contributed by atoms with van der Waals surface area (Å²) in [5, 5.41) is 32.2. The Labute approximate surface area is 104 Å². The van der Waals surface area contributed by atoms with Gasteiger partial charge in [-0.2, -0.15) is 0 Å². The number of hydrogen-bond acceptors (Lipinski definition) is 6. The van der Waals surface area contributed by atoms with Crippen molar-refractivity contribution in [2.24, 2.45) is 0 Å². The summed E-state index contributed by atoms with van der Waals surface area (Å²) in [5.74, 6) is -0.498. The maximum absolute atomic E-state index is 11.5. The summed E-state index contributed by atoms with van der Waals surface area (Å²) in [6, 6.07) is -1.02. The molecule has 0 aromatic carbocycles. The first-order chi connectivity index (χ1) is 8.43. The van der Waals surface area contributed by atoms with E-state index in [2.05, 4.69) is 11.9 Å². The molecular formula is C11H17NO6. The lowest BCUT2D eigenvalue weighted by atomic mass is 9.83. The average molecular weight is 259 g/mol.